The van der Waals surface area contributed by atoms with E-state index < -0.39 is 0 Å². The zero-order chi connectivity index (χ0) is 17.2. The maximum Gasteiger partial charge on any atom is 0.227 e. The molecular formula is C20H31NO2. The molecule has 0 bridgehead atoms. The largest absolute Gasteiger partial charge is 0.497 e. The summed E-state index contributed by atoms with van der Waals surface area (Å²) in [5, 5.41) is 3.16. The average molecular weight is 317 g/mol. The fourth-order valence-corrected chi connectivity index (χ4v) is 3.82. The van der Waals surface area contributed by atoms with E-state index in [2.05, 4.69) is 33.0 Å². The smallest absolute Gasteiger partial charge is 0.227 e. The SMILES string of the molecule is COc1ccc(NC(=O)C2CC(C)(C)CCC2C(C)C)c(C)c1. The van der Waals surface area contributed by atoms with E-state index in [0.29, 0.717) is 11.8 Å². The monoisotopic (exact) mass is 317 g/mol. The Labute approximate surface area is 140 Å². The first-order valence-corrected chi connectivity index (χ1v) is 8.69. The van der Waals surface area contributed by atoms with Gasteiger partial charge < -0.3 is 10.1 Å². The first-order chi connectivity index (χ1) is 10.7. The van der Waals surface area contributed by atoms with Gasteiger partial charge in [-0.15, -0.1) is 0 Å². The van der Waals surface area contributed by atoms with Crippen LogP contribution in [0, 0.1) is 30.1 Å². The quantitative estimate of drug-likeness (QED) is 0.844. The Bertz CT molecular complexity index is 563. The second-order valence-corrected chi connectivity index (χ2v) is 8.09. The molecule has 2 atom stereocenters. The Kier molecular flexibility index (Phi) is 5.38. The summed E-state index contributed by atoms with van der Waals surface area (Å²) in [4.78, 5) is 12.9. The van der Waals surface area contributed by atoms with Crippen molar-refractivity contribution in [2.45, 2.75) is 53.9 Å². The lowest BCUT2D eigenvalue weighted by molar-refractivity contribution is -0.125. The van der Waals surface area contributed by atoms with Crippen LogP contribution in [-0.4, -0.2) is 13.0 Å². The fourth-order valence-electron chi connectivity index (χ4n) is 3.82. The van der Waals surface area contributed by atoms with Crippen LogP contribution in [0.25, 0.3) is 0 Å². The lowest BCUT2D eigenvalue weighted by Gasteiger charge is -2.41. The highest BCUT2D eigenvalue weighted by Crippen LogP contribution is 2.45. The molecule has 0 aliphatic heterocycles. The number of nitrogens with one attached hydrogen (secondary N) is 1. The number of hydrogen-bond acceptors (Lipinski definition) is 2. The summed E-state index contributed by atoms with van der Waals surface area (Å²) in [7, 11) is 1.66. The van der Waals surface area contributed by atoms with Crippen LogP contribution in [0.4, 0.5) is 5.69 Å². The van der Waals surface area contributed by atoms with E-state index in [1.807, 2.05) is 25.1 Å². The van der Waals surface area contributed by atoms with Gasteiger partial charge in [0.15, 0.2) is 0 Å². The predicted molar refractivity (Wildman–Crippen MR) is 95.8 cm³/mol. The highest BCUT2D eigenvalue weighted by atomic mass is 16.5. The second-order valence-electron chi connectivity index (χ2n) is 8.09. The molecule has 0 spiro atoms. The molecule has 1 N–H and O–H groups in total. The van der Waals surface area contributed by atoms with Crippen LogP contribution < -0.4 is 10.1 Å². The van der Waals surface area contributed by atoms with Gasteiger partial charge in [-0.25, -0.2) is 0 Å². The number of carbonyl (C=O) groups is 1. The van der Waals surface area contributed by atoms with Gasteiger partial charge in [0.1, 0.15) is 5.75 Å². The van der Waals surface area contributed by atoms with Crippen LogP contribution in [0.2, 0.25) is 0 Å². The van der Waals surface area contributed by atoms with Crippen molar-refractivity contribution < 1.29 is 9.53 Å². The number of ether oxygens (including phenoxy) is 1. The summed E-state index contributed by atoms with van der Waals surface area (Å²) in [6.07, 6.45) is 3.32. The van der Waals surface area contributed by atoms with E-state index in [0.717, 1.165) is 29.8 Å². The van der Waals surface area contributed by atoms with Crippen molar-refractivity contribution in [3.05, 3.63) is 23.8 Å². The number of rotatable bonds is 4. The number of amides is 1. The van der Waals surface area contributed by atoms with Crippen molar-refractivity contribution in [3.8, 4) is 5.75 Å². The van der Waals surface area contributed by atoms with Gasteiger partial charge in [-0.1, -0.05) is 27.7 Å². The summed E-state index contributed by atoms with van der Waals surface area (Å²) in [6, 6.07) is 5.79. The molecule has 0 radical (unpaired) electrons. The first kappa shape index (κ1) is 17.8. The second kappa shape index (κ2) is 6.94. The van der Waals surface area contributed by atoms with E-state index in [9.17, 15) is 4.79 Å². The molecule has 1 aromatic carbocycles. The van der Waals surface area contributed by atoms with Gasteiger partial charge in [-0.05, 0) is 67.2 Å². The molecule has 1 amide bonds. The molecule has 23 heavy (non-hydrogen) atoms. The number of hydrogen-bond donors (Lipinski definition) is 1. The lowest BCUT2D eigenvalue weighted by Crippen LogP contribution is -2.39. The Morgan fingerprint density at radius 2 is 2.04 bits per heavy atom. The summed E-state index contributed by atoms with van der Waals surface area (Å²) in [5.41, 5.74) is 2.18. The van der Waals surface area contributed by atoms with Crippen molar-refractivity contribution in [1.29, 1.82) is 0 Å². The van der Waals surface area contributed by atoms with Crippen molar-refractivity contribution in [3.63, 3.8) is 0 Å². The third-order valence-corrected chi connectivity index (χ3v) is 5.33. The Hall–Kier alpha value is -1.51. The first-order valence-electron chi connectivity index (χ1n) is 8.69. The third kappa shape index (κ3) is 4.27. The van der Waals surface area contributed by atoms with Crippen LogP contribution in [0.15, 0.2) is 18.2 Å². The van der Waals surface area contributed by atoms with Crippen molar-refractivity contribution in [2.75, 3.05) is 12.4 Å². The minimum Gasteiger partial charge on any atom is -0.497 e. The minimum absolute atomic E-state index is 0.0975. The van der Waals surface area contributed by atoms with Crippen molar-refractivity contribution in [2.24, 2.45) is 23.2 Å². The lowest BCUT2D eigenvalue weighted by atomic mass is 9.64. The van der Waals surface area contributed by atoms with E-state index in [-0.39, 0.29) is 17.2 Å². The number of benzene rings is 1. The van der Waals surface area contributed by atoms with Crippen LogP contribution >= 0.6 is 0 Å². The molecule has 1 aromatic rings. The number of carbonyl (C=O) groups excluding carboxylic acids is 1. The van der Waals surface area contributed by atoms with Gasteiger partial charge in [0.25, 0.3) is 0 Å². The van der Waals surface area contributed by atoms with E-state index in [1.165, 1.54) is 6.42 Å². The zero-order valence-corrected chi connectivity index (χ0v) is 15.4. The molecule has 0 aromatic heterocycles. The molecule has 1 aliphatic carbocycles. The fraction of sp³-hybridized carbons (Fsp3) is 0.650. The number of aryl methyl sites for hydroxylation is 1. The van der Waals surface area contributed by atoms with Crippen LogP contribution in [0.3, 0.4) is 0 Å². The van der Waals surface area contributed by atoms with E-state index >= 15 is 0 Å². The standard InChI is InChI=1S/C20H31NO2/c1-13(2)16-9-10-20(4,5)12-17(16)19(22)21-18-8-7-15(23-6)11-14(18)3/h7-8,11,13,16-17H,9-10,12H2,1-6H3,(H,21,22). The van der Waals surface area contributed by atoms with Crippen molar-refractivity contribution in [1.82, 2.24) is 0 Å². The normalized spacial score (nSPS) is 23.6. The Morgan fingerprint density at radius 1 is 1.35 bits per heavy atom. The molecule has 0 saturated heterocycles. The molecular weight excluding hydrogens is 286 g/mol. The Balaban J connectivity index is 2.16. The van der Waals surface area contributed by atoms with Gasteiger partial charge >= 0.3 is 0 Å². The predicted octanol–water partition coefficient (Wildman–Crippen LogP) is 5.04. The maximum atomic E-state index is 12.9. The molecule has 1 aliphatic rings. The molecule has 0 heterocycles. The highest BCUT2D eigenvalue weighted by Gasteiger charge is 2.40. The molecule has 2 unspecified atom stereocenters. The molecule has 1 fully saturated rings. The number of anilines is 1. The molecule has 2 rings (SSSR count). The molecule has 128 valence electrons. The average Bonchev–Trinajstić information content (AvgIpc) is 2.47. The molecule has 3 heteroatoms. The topological polar surface area (TPSA) is 38.3 Å². The van der Waals surface area contributed by atoms with Gasteiger partial charge in [-0.2, -0.15) is 0 Å². The minimum atomic E-state index is 0.0975. The van der Waals surface area contributed by atoms with E-state index in [4.69, 9.17) is 4.74 Å². The Morgan fingerprint density at radius 3 is 2.61 bits per heavy atom. The van der Waals surface area contributed by atoms with E-state index in [1.54, 1.807) is 7.11 Å². The van der Waals surface area contributed by atoms with Gasteiger partial charge in [0.05, 0.1) is 7.11 Å². The summed E-state index contributed by atoms with van der Waals surface area (Å²) >= 11 is 0. The molecule has 1 saturated carbocycles. The summed E-state index contributed by atoms with van der Waals surface area (Å²) in [5.74, 6) is 2.10. The van der Waals surface area contributed by atoms with Gasteiger partial charge in [0.2, 0.25) is 5.91 Å². The highest BCUT2D eigenvalue weighted by molar-refractivity contribution is 5.93. The van der Waals surface area contributed by atoms with Crippen molar-refractivity contribution >= 4 is 11.6 Å². The van der Waals surface area contributed by atoms with Crippen LogP contribution in [0.1, 0.15) is 52.5 Å². The zero-order valence-electron chi connectivity index (χ0n) is 15.4. The van der Waals surface area contributed by atoms with Gasteiger partial charge in [-0.3, -0.25) is 4.79 Å². The maximum absolute atomic E-state index is 12.9. The third-order valence-electron chi connectivity index (χ3n) is 5.33. The van der Waals surface area contributed by atoms with Gasteiger partial charge in [0, 0.05) is 11.6 Å². The van der Waals surface area contributed by atoms with Crippen LogP contribution in [-0.2, 0) is 4.79 Å². The van der Waals surface area contributed by atoms with Crippen LogP contribution in [0.5, 0.6) is 5.75 Å². The molecule has 3 nitrogen and oxygen atoms in total. The summed E-state index contributed by atoms with van der Waals surface area (Å²) in [6.45, 7) is 11.0. The summed E-state index contributed by atoms with van der Waals surface area (Å²) < 4.78 is 5.23. The number of methoxy groups -OCH3 is 1.